The molecule has 7 heteroatoms. The molecule has 0 atom stereocenters. The Bertz CT molecular complexity index is 795. The average molecular weight is 396 g/mol. The lowest BCUT2D eigenvalue weighted by Gasteiger charge is -2.12. The summed E-state index contributed by atoms with van der Waals surface area (Å²) >= 11 is 9.49. The molecule has 1 aliphatic rings. The maximum absolute atomic E-state index is 12.2. The topological polar surface area (TPSA) is 18.5 Å². The van der Waals surface area contributed by atoms with Crippen molar-refractivity contribution in [3.63, 3.8) is 0 Å². The number of benzene rings is 2. The van der Waals surface area contributed by atoms with Gasteiger partial charge < -0.3 is 9.47 Å². The molecule has 116 valence electrons. The summed E-state index contributed by atoms with van der Waals surface area (Å²) in [6, 6.07) is 6.88. The monoisotopic (exact) mass is 394 g/mol. The maximum Gasteiger partial charge on any atom is 0.573 e. The SMILES string of the molecule is [2H]C1([2H])Cc2c(Cl)c(Br)cc(-c3ccc(OC(F)(F)F)cc3)c2O1. The third-order valence-electron chi connectivity index (χ3n) is 3.09. The highest BCUT2D eigenvalue weighted by molar-refractivity contribution is 9.10. The van der Waals surface area contributed by atoms with Crippen LogP contribution in [0.3, 0.4) is 0 Å². The number of ether oxygens (including phenoxy) is 2. The number of alkyl halides is 3. The van der Waals surface area contributed by atoms with Crippen LogP contribution in [-0.4, -0.2) is 12.9 Å². The standard InChI is InChI=1S/C15H9BrClF3O2/c16-12-7-11(14-10(13(12)17)5-6-21-14)8-1-3-9(4-2-8)22-15(18,19)20/h1-4,7H,5-6H2/i6D2. The molecule has 0 aliphatic carbocycles. The third-order valence-corrected chi connectivity index (χ3v) is 4.37. The molecule has 0 saturated heterocycles. The Kier molecular flexibility index (Phi) is 3.37. The van der Waals surface area contributed by atoms with Gasteiger partial charge >= 0.3 is 6.36 Å². The Hall–Kier alpha value is -1.40. The quantitative estimate of drug-likeness (QED) is 0.659. The van der Waals surface area contributed by atoms with E-state index in [0.29, 0.717) is 26.2 Å². The molecular formula is C15H9BrClF3O2. The van der Waals surface area contributed by atoms with E-state index < -0.39 is 12.9 Å². The summed E-state index contributed by atoms with van der Waals surface area (Å²) in [6.07, 6.45) is -4.77. The van der Waals surface area contributed by atoms with Crippen molar-refractivity contribution in [1.29, 1.82) is 0 Å². The molecule has 0 saturated carbocycles. The molecule has 1 aliphatic heterocycles. The second-order valence-electron chi connectivity index (χ2n) is 4.52. The van der Waals surface area contributed by atoms with Crippen molar-refractivity contribution >= 4 is 27.5 Å². The summed E-state index contributed by atoms with van der Waals surface area (Å²) in [5, 5.41) is 0.354. The summed E-state index contributed by atoms with van der Waals surface area (Å²) in [5.41, 5.74) is 1.60. The Morgan fingerprint density at radius 3 is 2.59 bits per heavy atom. The second kappa shape index (κ2) is 5.66. The van der Waals surface area contributed by atoms with Crippen molar-refractivity contribution in [2.45, 2.75) is 12.8 Å². The van der Waals surface area contributed by atoms with E-state index in [2.05, 4.69) is 20.7 Å². The van der Waals surface area contributed by atoms with Crippen LogP contribution in [0.4, 0.5) is 13.2 Å². The molecule has 0 spiro atoms. The zero-order chi connectivity index (χ0) is 17.7. The Morgan fingerprint density at radius 2 is 1.95 bits per heavy atom. The van der Waals surface area contributed by atoms with Gasteiger partial charge in [0.2, 0.25) is 0 Å². The molecule has 0 amide bonds. The van der Waals surface area contributed by atoms with E-state index >= 15 is 0 Å². The first kappa shape index (κ1) is 13.1. The minimum atomic E-state index is -4.76. The van der Waals surface area contributed by atoms with Gasteiger partial charge in [-0.2, -0.15) is 0 Å². The molecule has 2 aromatic rings. The lowest BCUT2D eigenvalue weighted by atomic mass is 10.0. The van der Waals surface area contributed by atoms with Crippen LogP contribution in [0.2, 0.25) is 5.02 Å². The first-order chi connectivity index (χ1) is 11.1. The Morgan fingerprint density at radius 1 is 1.27 bits per heavy atom. The lowest BCUT2D eigenvalue weighted by molar-refractivity contribution is -0.274. The molecule has 2 nitrogen and oxygen atoms in total. The summed E-state index contributed by atoms with van der Waals surface area (Å²) in [6.45, 7) is -1.89. The first-order valence-electron chi connectivity index (χ1n) is 7.12. The van der Waals surface area contributed by atoms with E-state index in [1.807, 2.05) is 0 Å². The number of hydrogen-bond acceptors (Lipinski definition) is 2. The predicted octanol–water partition coefficient (Wildman–Crippen LogP) is 5.60. The summed E-state index contributed by atoms with van der Waals surface area (Å²) < 4.78 is 61.9. The van der Waals surface area contributed by atoms with Crippen molar-refractivity contribution < 1.29 is 25.4 Å². The van der Waals surface area contributed by atoms with Crippen LogP contribution >= 0.6 is 27.5 Å². The summed E-state index contributed by atoms with van der Waals surface area (Å²) in [5.74, 6) is -0.0511. The molecule has 0 fully saturated rings. The smallest absolute Gasteiger partial charge is 0.492 e. The Balaban J connectivity index is 2.02. The average Bonchev–Trinajstić information content (AvgIpc) is 2.78. The van der Waals surface area contributed by atoms with Crippen LogP contribution in [-0.2, 0) is 6.42 Å². The van der Waals surface area contributed by atoms with Crippen molar-refractivity contribution in [1.82, 2.24) is 0 Å². The van der Waals surface area contributed by atoms with E-state index in [1.165, 1.54) is 24.3 Å². The van der Waals surface area contributed by atoms with Crippen LogP contribution < -0.4 is 9.47 Å². The third kappa shape index (κ3) is 3.03. The zero-order valence-corrected chi connectivity index (χ0v) is 13.1. The van der Waals surface area contributed by atoms with Gasteiger partial charge in [0.25, 0.3) is 0 Å². The van der Waals surface area contributed by atoms with Gasteiger partial charge in [-0.1, -0.05) is 23.7 Å². The number of rotatable bonds is 2. The second-order valence-corrected chi connectivity index (χ2v) is 5.76. The fraction of sp³-hybridized carbons (Fsp3) is 0.200. The van der Waals surface area contributed by atoms with E-state index in [1.54, 1.807) is 6.07 Å². The largest absolute Gasteiger partial charge is 0.573 e. The lowest BCUT2D eigenvalue weighted by Crippen LogP contribution is -2.16. The van der Waals surface area contributed by atoms with Gasteiger partial charge in [0.15, 0.2) is 0 Å². The van der Waals surface area contributed by atoms with Crippen LogP contribution in [0.5, 0.6) is 11.5 Å². The fourth-order valence-electron chi connectivity index (χ4n) is 2.17. The molecule has 22 heavy (non-hydrogen) atoms. The van der Waals surface area contributed by atoms with Gasteiger partial charge in [-0.05, 0) is 39.7 Å². The Labute approximate surface area is 140 Å². The number of hydrogen-bond donors (Lipinski definition) is 0. The van der Waals surface area contributed by atoms with Crippen molar-refractivity contribution in [2.75, 3.05) is 6.56 Å². The number of fused-ring (bicyclic) bond motifs is 1. The van der Waals surface area contributed by atoms with Crippen LogP contribution in [0, 0.1) is 0 Å². The van der Waals surface area contributed by atoms with Gasteiger partial charge in [0.1, 0.15) is 11.5 Å². The van der Waals surface area contributed by atoms with E-state index in [0.717, 1.165) is 0 Å². The van der Waals surface area contributed by atoms with Gasteiger partial charge in [-0.3, -0.25) is 0 Å². The van der Waals surface area contributed by atoms with Crippen LogP contribution in [0.15, 0.2) is 34.8 Å². The predicted molar refractivity (Wildman–Crippen MR) is 80.5 cm³/mol. The van der Waals surface area contributed by atoms with Crippen molar-refractivity contribution in [3.8, 4) is 22.6 Å². The molecule has 0 unspecified atom stereocenters. The van der Waals surface area contributed by atoms with Crippen LogP contribution in [0.1, 0.15) is 8.30 Å². The summed E-state index contributed by atoms with van der Waals surface area (Å²) in [7, 11) is 0. The highest BCUT2D eigenvalue weighted by atomic mass is 79.9. The summed E-state index contributed by atoms with van der Waals surface area (Å²) in [4.78, 5) is 0. The minimum Gasteiger partial charge on any atom is -0.492 e. The maximum atomic E-state index is 12.2. The van der Waals surface area contributed by atoms with Crippen LogP contribution in [0.25, 0.3) is 11.1 Å². The molecule has 0 N–H and O–H groups in total. The molecule has 0 aromatic heterocycles. The minimum absolute atomic E-state index is 0.0110. The van der Waals surface area contributed by atoms with E-state index in [-0.39, 0.29) is 17.9 Å². The van der Waals surface area contributed by atoms with E-state index in [4.69, 9.17) is 19.1 Å². The van der Waals surface area contributed by atoms with Crippen molar-refractivity contribution in [3.05, 3.63) is 45.4 Å². The first-order valence-corrected chi connectivity index (χ1v) is 7.29. The van der Waals surface area contributed by atoms with Gasteiger partial charge in [-0.15, -0.1) is 13.2 Å². The highest BCUT2D eigenvalue weighted by Gasteiger charge is 2.31. The molecular weight excluding hydrogens is 385 g/mol. The molecule has 0 bridgehead atoms. The molecule has 0 radical (unpaired) electrons. The van der Waals surface area contributed by atoms with Gasteiger partial charge in [-0.25, -0.2) is 0 Å². The molecule has 1 heterocycles. The molecule has 3 rings (SSSR count). The zero-order valence-electron chi connectivity index (χ0n) is 12.8. The fourth-order valence-corrected chi connectivity index (χ4v) is 2.84. The van der Waals surface area contributed by atoms with E-state index in [9.17, 15) is 13.2 Å². The van der Waals surface area contributed by atoms with Gasteiger partial charge in [0.05, 0.1) is 14.3 Å². The normalized spacial score (nSPS) is 17.3. The van der Waals surface area contributed by atoms with Crippen molar-refractivity contribution in [2.24, 2.45) is 0 Å². The molecule has 2 aromatic carbocycles. The highest BCUT2D eigenvalue weighted by Crippen LogP contribution is 2.44. The number of halogens is 5. The van der Waals surface area contributed by atoms with Gasteiger partial charge in [0, 0.05) is 22.0 Å².